The molecule has 0 saturated heterocycles. The first-order valence-corrected chi connectivity index (χ1v) is 18.9. The van der Waals surface area contributed by atoms with Crippen molar-refractivity contribution in [1.29, 1.82) is 0 Å². The van der Waals surface area contributed by atoms with Crippen molar-refractivity contribution in [2.75, 3.05) is 14.2 Å². The van der Waals surface area contributed by atoms with E-state index in [1.165, 1.54) is 114 Å². The molecule has 4 aliphatic carbocycles. The van der Waals surface area contributed by atoms with Crippen molar-refractivity contribution in [3.63, 3.8) is 0 Å². The Bertz CT molecular complexity index is 1030. The number of methoxy groups -OCH3 is 2. The van der Waals surface area contributed by atoms with E-state index in [1.54, 1.807) is 14.2 Å². The molecule has 0 N–H and O–H groups in total. The van der Waals surface area contributed by atoms with Gasteiger partial charge in [-0.2, -0.15) is 0 Å². The third-order valence-corrected chi connectivity index (χ3v) is 13.1. The second kappa shape index (κ2) is 15.7. The van der Waals surface area contributed by atoms with Gasteiger partial charge in [0, 0.05) is 0 Å². The lowest BCUT2D eigenvalue weighted by Gasteiger charge is -2.43. The molecule has 2 unspecified atom stereocenters. The molecule has 4 aliphatic rings. The molecule has 0 amide bonds. The maximum atomic E-state index is 7.56. The van der Waals surface area contributed by atoms with Crippen LogP contribution in [0.3, 0.4) is 0 Å². The van der Waals surface area contributed by atoms with Crippen LogP contribution >= 0.6 is 0 Å². The molecular weight excluding hydrogens is 552 g/mol. The Labute approximate surface area is 275 Å². The van der Waals surface area contributed by atoms with E-state index >= 15 is 0 Å². The Hall–Kier alpha value is -2.00. The summed E-state index contributed by atoms with van der Waals surface area (Å²) in [6.07, 6.45) is 22.5. The van der Waals surface area contributed by atoms with Crippen molar-refractivity contribution in [2.24, 2.45) is 47.3 Å². The van der Waals surface area contributed by atoms with Crippen LogP contribution in [0.5, 0.6) is 11.5 Å². The molecule has 3 nitrogen and oxygen atoms in total. The van der Waals surface area contributed by atoms with Crippen molar-refractivity contribution in [2.45, 2.75) is 129 Å². The molecule has 0 heterocycles. The van der Waals surface area contributed by atoms with E-state index in [2.05, 4.69) is 62.4 Å². The summed E-state index contributed by atoms with van der Waals surface area (Å²) in [5.74, 6) is 8.60. The maximum Gasteiger partial charge on any atom is 0.118 e. The molecule has 3 heteroatoms. The molecule has 4 saturated carbocycles. The van der Waals surface area contributed by atoms with Gasteiger partial charge in [-0.3, -0.25) is 0 Å². The van der Waals surface area contributed by atoms with E-state index in [4.69, 9.17) is 14.2 Å². The van der Waals surface area contributed by atoms with Crippen molar-refractivity contribution < 1.29 is 14.2 Å². The molecule has 0 aliphatic heterocycles. The van der Waals surface area contributed by atoms with E-state index in [9.17, 15) is 0 Å². The summed E-state index contributed by atoms with van der Waals surface area (Å²) in [4.78, 5) is 0. The van der Waals surface area contributed by atoms with Crippen LogP contribution in [0.25, 0.3) is 0 Å². The van der Waals surface area contributed by atoms with Crippen LogP contribution in [-0.2, 0) is 4.74 Å². The molecular formula is C42H62O3. The predicted octanol–water partition coefficient (Wildman–Crippen LogP) is 11.8. The second-order valence-corrected chi connectivity index (χ2v) is 15.9. The molecule has 2 aromatic carbocycles. The number of hydrogen-bond acceptors (Lipinski definition) is 3. The Morgan fingerprint density at radius 2 is 0.711 bits per heavy atom. The highest BCUT2D eigenvalue weighted by Crippen LogP contribution is 2.50. The van der Waals surface area contributed by atoms with Crippen molar-refractivity contribution in [1.82, 2.24) is 0 Å². The number of rotatable bonds is 10. The van der Waals surface area contributed by atoms with E-state index in [0.29, 0.717) is 11.8 Å². The third-order valence-electron chi connectivity index (χ3n) is 13.1. The number of benzene rings is 2. The number of ether oxygens (including phenoxy) is 3. The zero-order chi connectivity index (χ0) is 31.2. The fraction of sp³-hybridized carbons (Fsp3) is 0.714. The van der Waals surface area contributed by atoms with Crippen molar-refractivity contribution in [3.05, 3.63) is 59.7 Å². The Morgan fingerprint density at radius 1 is 0.422 bits per heavy atom. The van der Waals surface area contributed by atoms with Crippen LogP contribution in [0.4, 0.5) is 0 Å². The van der Waals surface area contributed by atoms with E-state index < -0.39 is 0 Å². The molecule has 4 fully saturated rings. The first kappa shape index (κ1) is 32.9. The van der Waals surface area contributed by atoms with Gasteiger partial charge in [0.2, 0.25) is 0 Å². The summed E-state index contributed by atoms with van der Waals surface area (Å²) in [7, 11) is 3.53. The summed E-state index contributed by atoms with van der Waals surface area (Å²) in [5.41, 5.74) is 2.66. The lowest BCUT2D eigenvalue weighted by atomic mass is 9.68. The molecule has 0 spiro atoms. The van der Waals surface area contributed by atoms with Gasteiger partial charge in [0.1, 0.15) is 11.5 Å². The Morgan fingerprint density at radius 3 is 1.00 bits per heavy atom. The topological polar surface area (TPSA) is 27.7 Å². The van der Waals surface area contributed by atoms with Crippen LogP contribution in [-0.4, -0.2) is 14.2 Å². The van der Waals surface area contributed by atoms with Crippen LogP contribution in [0.15, 0.2) is 48.5 Å². The van der Waals surface area contributed by atoms with Gasteiger partial charge in [-0.1, -0.05) is 63.8 Å². The number of hydrogen-bond donors (Lipinski definition) is 0. The average molecular weight is 615 g/mol. The van der Waals surface area contributed by atoms with Crippen LogP contribution in [0, 0.1) is 47.3 Å². The third kappa shape index (κ3) is 8.30. The summed E-state index contributed by atoms with van der Waals surface area (Å²) in [6.45, 7) is 4.90. The molecule has 0 bridgehead atoms. The van der Waals surface area contributed by atoms with E-state index in [-0.39, 0.29) is 12.2 Å². The van der Waals surface area contributed by atoms with E-state index in [0.717, 1.165) is 47.0 Å². The standard InChI is InChI=1S/C42H62O3/c1-29-5-9-31(10-6-29)33-13-17-35(18-14-33)41(37-21-25-39(43-3)26-22-37)45-42(38-23-27-40(44-4)28-24-38)36-19-15-34(16-20-36)32-11-7-30(2)8-12-32/h21-36,41-42H,5-20H2,1-4H3/t29-,30-,31-,32-,33-,34-,35-,36-,41?,42?. The van der Waals surface area contributed by atoms with Gasteiger partial charge in [0.15, 0.2) is 0 Å². The molecule has 248 valence electrons. The van der Waals surface area contributed by atoms with Gasteiger partial charge >= 0.3 is 0 Å². The van der Waals surface area contributed by atoms with Crippen LogP contribution in [0.2, 0.25) is 0 Å². The monoisotopic (exact) mass is 614 g/mol. The smallest absolute Gasteiger partial charge is 0.118 e. The van der Waals surface area contributed by atoms with Crippen molar-refractivity contribution >= 4 is 0 Å². The Balaban J connectivity index is 1.20. The minimum Gasteiger partial charge on any atom is -0.497 e. The van der Waals surface area contributed by atoms with E-state index in [1.807, 2.05) is 0 Å². The lowest BCUT2D eigenvalue weighted by molar-refractivity contribution is -0.0934. The maximum absolute atomic E-state index is 7.56. The first-order chi connectivity index (χ1) is 22.0. The molecule has 6 rings (SSSR count). The normalized spacial score (nSPS) is 34.0. The lowest BCUT2D eigenvalue weighted by Crippen LogP contribution is -2.31. The molecule has 2 atom stereocenters. The van der Waals surface area contributed by atoms with Gasteiger partial charge in [-0.15, -0.1) is 0 Å². The van der Waals surface area contributed by atoms with Gasteiger partial charge in [-0.05, 0) is 160 Å². The van der Waals surface area contributed by atoms with Gasteiger partial charge < -0.3 is 14.2 Å². The van der Waals surface area contributed by atoms with Gasteiger partial charge in [0.25, 0.3) is 0 Å². The summed E-state index contributed by atoms with van der Waals surface area (Å²) in [6, 6.07) is 17.7. The second-order valence-electron chi connectivity index (χ2n) is 15.9. The molecule has 45 heavy (non-hydrogen) atoms. The highest BCUT2D eigenvalue weighted by molar-refractivity contribution is 5.31. The quantitative estimate of drug-likeness (QED) is 0.266. The summed E-state index contributed by atoms with van der Waals surface area (Å²) in [5, 5.41) is 0. The Kier molecular flexibility index (Phi) is 11.5. The van der Waals surface area contributed by atoms with Crippen LogP contribution in [0.1, 0.15) is 140 Å². The fourth-order valence-electron chi connectivity index (χ4n) is 10.0. The largest absolute Gasteiger partial charge is 0.497 e. The highest BCUT2D eigenvalue weighted by atomic mass is 16.5. The zero-order valence-corrected chi connectivity index (χ0v) is 28.9. The molecule has 0 radical (unpaired) electrons. The molecule has 2 aromatic rings. The minimum atomic E-state index is 0.118. The molecule has 0 aromatic heterocycles. The average Bonchev–Trinajstić information content (AvgIpc) is 3.10. The van der Waals surface area contributed by atoms with Gasteiger partial charge in [0.05, 0.1) is 26.4 Å². The minimum absolute atomic E-state index is 0.118. The predicted molar refractivity (Wildman–Crippen MR) is 186 cm³/mol. The fourth-order valence-corrected chi connectivity index (χ4v) is 10.0. The summed E-state index contributed by atoms with van der Waals surface area (Å²) >= 11 is 0. The summed E-state index contributed by atoms with van der Waals surface area (Å²) < 4.78 is 18.7. The SMILES string of the molecule is COc1ccc(C(OC(c2ccc(OC)cc2)[C@H]2CC[C@H]([C@H]3CC[C@H](C)CC3)CC2)[C@H]2CC[C@H]([C@H]3CC[C@H](C)CC3)CC2)cc1. The first-order valence-electron chi connectivity index (χ1n) is 18.9. The van der Waals surface area contributed by atoms with Crippen molar-refractivity contribution in [3.8, 4) is 11.5 Å². The van der Waals surface area contributed by atoms with Gasteiger partial charge in [-0.25, -0.2) is 0 Å². The zero-order valence-electron chi connectivity index (χ0n) is 28.9. The highest BCUT2D eigenvalue weighted by Gasteiger charge is 2.38. The van der Waals surface area contributed by atoms with Crippen LogP contribution < -0.4 is 9.47 Å².